The molecule has 0 aromatic rings. The van der Waals surface area contributed by atoms with Crippen molar-refractivity contribution in [2.45, 2.75) is 32.6 Å². The summed E-state index contributed by atoms with van der Waals surface area (Å²) in [7, 11) is 0. The lowest BCUT2D eigenvalue weighted by atomic mass is 9.78. The maximum Gasteiger partial charge on any atom is 0.236 e. The molecule has 0 bridgehead atoms. The predicted molar refractivity (Wildman–Crippen MR) is 51.8 cm³/mol. The molecule has 1 aliphatic carbocycles. The fourth-order valence-corrected chi connectivity index (χ4v) is 2.43. The minimum Gasteiger partial charge on any atom is -0.280 e. The largest absolute Gasteiger partial charge is 0.280 e. The van der Waals surface area contributed by atoms with Crippen LogP contribution in [0.1, 0.15) is 32.6 Å². The number of carbonyl (C=O) groups excluding carboxylic acids is 2. The van der Waals surface area contributed by atoms with Crippen LogP contribution in [0, 0.1) is 11.3 Å². The van der Waals surface area contributed by atoms with Gasteiger partial charge in [0.2, 0.25) is 10.5 Å². The van der Waals surface area contributed by atoms with Crippen molar-refractivity contribution in [3.8, 4) is 0 Å². The first kappa shape index (κ1) is 11.0. The van der Waals surface area contributed by atoms with E-state index < -0.39 is 15.9 Å². The van der Waals surface area contributed by atoms with E-state index in [1.807, 2.05) is 0 Å². The normalized spacial score (nSPS) is 19.0. The van der Waals surface area contributed by atoms with Gasteiger partial charge in [-0.3, -0.25) is 9.59 Å². The molecule has 74 valence electrons. The molecule has 13 heavy (non-hydrogen) atoms. The van der Waals surface area contributed by atoms with Crippen LogP contribution in [-0.2, 0) is 9.59 Å². The third kappa shape index (κ3) is 1.89. The molecule has 1 aliphatic rings. The van der Waals surface area contributed by atoms with Gasteiger partial charge in [-0.1, -0.05) is 12.8 Å². The fraction of sp³-hybridized carbons (Fsp3) is 0.778. The molecule has 1 rings (SSSR count). The molecule has 2 nitrogen and oxygen atoms in total. The minimum atomic E-state index is -1.17. The Morgan fingerprint density at radius 2 is 1.54 bits per heavy atom. The summed E-state index contributed by atoms with van der Waals surface area (Å²) in [5.74, 6) is 0.0301. The number of hydrogen-bond donors (Lipinski definition) is 0. The Kier molecular flexibility index (Phi) is 3.36. The summed E-state index contributed by atoms with van der Waals surface area (Å²) >= 11 is 10.8. The monoisotopic (exact) mass is 222 g/mol. The first-order valence-corrected chi connectivity index (χ1v) is 5.15. The number of rotatable bonds is 3. The molecule has 4 heteroatoms. The van der Waals surface area contributed by atoms with Crippen molar-refractivity contribution in [2.24, 2.45) is 11.3 Å². The van der Waals surface area contributed by atoms with E-state index in [1.54, 1.807) is 6.92 Å². The van der Waals surface area contributed by atoms with Gasteiger partial charge in [-0.2, -0.15) is 0 Å². The molecule has 0 unspecified atom stereocenters. The van der Waals surface area contributed by atoms with E-state index >= 15 is 0 Å². The second kappa shape index (κ2) is 3.97. The van der Waals surface area contributed by atoms with Crippen molar-refractivity contribution in [3.05, 3.63) is 0 Å². The second-order valence-electron chi connectivity index (χ2n) is 3.73. The molecule has 0 heterocycles. The zero-order valence-corrected chi connectivity index (χ0v) is 8.99. The Morgan fingerprint density at radius 3 is 1.85 bits per heavy atom. The molecule has 1 fully saturated rings. The summed E-state index contributed by atoms with van der Waals surface area (Å²) in [6.07, 6.45) is 3.84. The Labute approximate surface area is 87.6 Å². The van der Waals surface area contributed by atoms with Crippen LogP contribution in [0.3, 0.4) is 0 Å². The van der Waals surface area contributed by atoms with Gasteiger partial charge in [0, 0.05) is 0 Å². The topological polar surface area (TPSA) is 34.1 Å². The summed E-state index contributed by atoms with van der Waals surface area (Å²) in [6, 6.07) is 0. The summed E-state index contributed by atoms with van der Waals surface area (Å²) in [5.41, 5.74) is -1.17. The summed E-state index contributed by atoms with van der Waals surface area (Å²) < 4.78 is 0. The molecule has 0 aromatic heterocycles. The van der Waals surface area contributed by atoms with Crippen LogP contribution in [0.4, 0.5) is 0 Å². The molecular formula is C9H12Cl2O2. The second-order valence-corrected chi connectivity index (χ2v) is 4.42. The van der Waals surface area contributed by atoms with Crippen molar-refractivity contribution in [2.75, 3.05) is 0 Å². The SMILES string of the molecule is CC(C(=O)Cl)(C(=O)Cl)C1CCCC1. The zero-order chi connectivity index (χ0) is 10.1. The molecule has 0 radical (unpaired) electrons. The number of carbonyl (C=O) groups is 2. The van der Waals surface area contributed by atoms with Gasteiger partial charge in [-0.15, -0.1) is 0 Å². The maximum atomic E-state index is 11.2. The van der Waals surface area contributed by atoms with Gasteiger partial charge in [0.15, 0.2) is 0 Å². The van der Waals surface area contributed by atoms with Crippen LogP contribution in [-0.4, -0.2) is 10.5 Å². The van der Waals surface area contributed by atoms with Crippen LogP contribution in [0.2, 0.25) is 0 Å². The lowest BCUT2D eigenvalue weighted by molar-refractivity contribution is -0.133. The average molecular weight is 223 g/mol. The van der Waals surface area contributed by atoms with Crippen molar-refractivity contribution in [1.29, 1.82) is 0 Å². The molecule has 0 aliphatic heterocycles. The maximum absolute atomic E-state index is 11.2. The van der Waals surface area contributed by atoms with Gasteiger partial charge in [-0.25, -0.2) is 0 Å². The highest BCUT2D eigenvalue weighted by Crippen LogP contribution is 2.42. The molecule has 0 N–H and O–H groups in total. The van der Waals surface area contributed by atoms with Gasteiger partial charge in [-0.05, 0) is 48.9 Å². The number of hydrogen-bond acceptors (Lipinski definition) is 2. The summed E-state index contributed by atoms with van der Waals surface area (Å²) in [6.45, 7) is 1.55. The summed E-state index contributed by atoms with van der Waals surface area (Å²) in [4.78, 5) is 22.3. The molecular weight excluding hydrogens is 211 g/mol. The highest BCUT2D eigenvalue weighted by atomic mass is 35.5. The van der Waals surface area contributed by atoms with E-state index in [1.165, 1.54) is 0 Å². The lowest BCUT2D eigenvalue weighted by Gasteiger charge is -2.27. The Morgan fingerprint density at radius 1 is 1.15 bits per heavy atom. The lowest BCUT2D eigenvalue weighted by Crippen LogP contribution is -2.37. The van der Waals surface area contributed by atoms with Crippen LogP contribution in [0.5, 0.6) is 0 Å². The van der Waals surface area contributed by atoms with E-state index in [2.05, 4.69) is 0 Å². The highest BCUT2D eigenvalue weighted by Gasteiger charge is 2.46. The van der Waals surface area contributed by atoms with Crippen molar-refractivity contribution < 1.29 is 9.59 Å². The van der Waals surface area contributed by atoms with Crippen molar-refractivity contribution in [3.63, 3.8) is 0 Å². The molecule has 0 amide bonds. The van der Waals surface area contributed by atoms with Crippen LogP contribution in [0.15, 0.2) is 0 Å². The molecule has 0 spiro atoms. The molecule has 0 atom stereocenters. The fourth-order valence-electron chi connectivity index (χ4n) is 1.90. The quantitative estimate of drug-likeness (QED) is 0.544. The Bertz CT molecular complexity index is 218. The highest BCUT2D eigenvalue weighted by molar-refractivity contribution is 6.74. The van der Waals surface area contributed by atoms with E-state index in [0.29, 0.717) is 0 Å². The van der Waals surface area contributed by atoms with Crippen LogP contribution in [0.25, 0.3) is 0 Å². The van der Waals surface area contributed by atoms with E-state index in [0.717, 1.165) is 25.7 Å². The van der Waals surface area contributed by atoms with Crippen molar-refractivity contribution in [1.82, 2.24) is 0 Å². The van der Waals surface area contributed by atoms with Gasteiger partial charge in [0.05, 0.1) is 0 Å². The molecule has 0 saturated heterocycles. The average Bonchev–Trinajstić information content (AvgIpc) is 2.54. The Hall–Kier alpha value is -0.0800. The van der Waals surface area contributed by atoms with E-state index in [-0.39, 0.29) is 5.92 Å². The van der Waals surface area contributed by atoms with Crippen molar-refractivity contribution >= 4 is 33.7 Å². The van der Waals surface area contributed by atoms with E-state index in [4.69, 9.17) is 23.2 Å². The van der Waals surface area contributed by atoms with Gasteiger partial charge < -0.3 is 0 Å². The van der Waals surface area contributed by atoms with Gasteiger partial charge in [0.25, 0.3) is 0 Å². The third-order valence-electron chi connectivity index (χ3n) is 2.99. The van der Waals surface area contributed by atoms with E-state index in [9.17, 15) is 9.59 Å². The third-order valence-corrected chi connectivity index (χ3v) is 3.77. The molecule has 0 aromatic carbocycles. The smallest absolute Gasteiger partial charge is 0.236 e. The van der Waals surface area contributed by atoms with Crippen LogP contribution < -0.4 is 0 Å². The predicted octanol–water partition coefficient (Wildman–Crippen LogP) is 2.71. The first-order chi connectivity index (χ1) is 5.99. The number of halogens is 2. The first-order valence-electron chi connectivity index (χ1n) is 4.39. The molecule has 1 saturated carbocycles. The van der Waals surface area contributed by atoms with Crippen LogP contribution >= 0.6 is 23.2 Å². The standard InChI is InChI=1S/C9H12Cl2O2/c1-9(7(10)12,8(11)13)6-4-2-3-5-6/h6H,2-5H2,1H3. The van der Waals surface area contributed by atoms with Gasteiger partial charge >= 0.3 is 0 Å². The minimum absolute atomic E-state index is 0.0301. The van der Waals surface area contributed by atoms with Gasteiger partial charge in [0.1, 0.15) is 5.41 Å². The zero-order valence-electron chi connectivity index (χ0n) is 7.48. The Balaban J connectivity index is 2.89. The summed E-state index contributed by atoms with van der Waals surface area (Å²) in [5, 5.41) is -1.25.